The minimum absolute atomic E-state index is 0.0634. The molecule has 2 aromatic rings. The van der Waals surface area contributed by atoms with Crippen LogP contribution in [0.5, 0.6) is 5.75 Å². The zero-order valence-electron chi connectivity index (χ0n) is 13.4. The molecule has 0 saturated heterocycles. The predicted molar refractivity (Wildman–Crippen MR) is 99.3 cm³/mol. The number of methoxy groups -OCH3 is 1. The molecule has 6 heteroatoms. The molecular formula is C18H20Cl2N2O2. The van der Waals surface area contributed by atoms with Crippen LogP contribution in [0.1, 0.15) is 12.0 Å². The Morgan fingerprint density at radius 3 is 2.67 bits per heavy atom. The maximum absolute atomic E-state index is 11.9. The fraction of sp³-hybridized carbons (Fsp3) is 0.278. The van der Waals surface area contributed by atoms with Crippen LogP contribution in [0, 0.1) is 0 Å². The third-order valence-electron chi connectivity index (χ3n) is 3.44. The van der Waals surface area contributed by atoms with E-state index in [1.807, 2.05) is 24.3 Å². The molecule has 0 spiro atoms. The molecule has 0 aliphatic heterocycles. The third kappa shape index (κ3) is 6.04. The van der Waals surface area contributed by atoms with Gasteiger partial charge in [-0.2, -0.15) is 0 Å². The Balaban J connectivity index is 1.67. The molecule has 0 aliphatic carbocycles. The van der Waals surface area contributed by atoms with Crippen molar-refractivity contribution in [3.05, 3.63) is 58.1 Å². The number of ether oxygens (including phenoxy) is 1. The highest BCUT2D eigenvalue weighted by molar-refractivity contribution is 6.32. The van der Waals surface area contributed by atoms with Crippen molar-refractivity contribution < 1.29 is 9.53 Å². The molecule has 0 fully saturated rings. The van der Waals surface area contributed by atoms with Crippen LogP contribution in [0.3, 0.4) is 0 Å². The molecule has 0 atom stereocenters. The van der Waals surface area contributed by atoms with Gasteiger partial charge in [-0.1, -0.05) is 35.3 Å². The van der Waals surface area contributed by atoms with Crippen molar-refractivity contribution in [2.45, 2.75) is 12.8 Å². The van der Waals surface area contributed by atoms with E-state index in [1.165, 1.54) is 5.56 Å². The van der Waals surface area contributed by atoms with Crippen LogP contribution in [0.15, 0.2) is 42.5 Å². The van der Waals surface area contributed by atoms with Gasteiger partial charge in [-0.25, -0.2) is 0 Å². The van der Waals surface area contributed by atoms with Crippen molar-refractivity contribution >= 4 is 34.8 Å². The van der Waals surface area contributed by atoms with E-state index < -0.39 is 0 Å². The first kappa shape index (κ1) is 18.6. The fourth-order valence-corrected chi connectivity index (χ4v) is 2.69. The van der Waals surface area contributed by atoms with E-state index in [0.29, 0.717) is 29.4 Å². The maximum Gasteiger partial charge on any atom is 0.225 e. The second-order valence-corrected chi connectivity index (χ2v) is 6.12. The molecule has 0 unspecified atom stereocenters. The number of hydrogen-bond donors (Lipinski definition) is 2. The first-order valence-corrected chi connectivity index (χ1v) is 8.42. The normalized spacial score (nSPS) is 10.5. The van der Waals surface area contributed by atoms with E-state index in [-0.39, 0.29) is 5.91 Å². The van der Waals surface area contributed by atoms with Gasteiger partial charge in [-0.15, -0.1) is 0 Å². The highest BCUT2D eigenvalue weighted by atomic mass is 35.5. The number of carbonyl (C=O) groups is 1. The van der Waals surface area contributed by atoms with Crippen LogP contribution < -0.4 is 15.4 Å². The average molecular weight is 367 g/mol. The van der Waals surface area contributed by atoms with E-state index >= 15 is 0 Å². The third-order valence-corrected chi connectivity index (χ3v) is 3.97. The molecule has 0 radical (unpaired) electrons. The van der Waals surface area contributed by atoms with Gasteiger partial charge in [0.1, 0.15) is 5.75 Å². The van der Waals surface area contributed by atoms with Crippen molar-refractivity contribution in [1.29, 1.82) is 0 Å². The van der Waals surface area contributed by atoms with Gasteiger partial charge in [0.05, 0.1) is 12.1 Å². The van der Waals surface area contributed by atoms with Gasteiger partial charge in [0.2, 0.25) is 5.91 Å². The summed E-state index contributed by atoms with van der Waals surface area (Å²) < 4.78 is 5.08. The number of carbonyl (C=O) groups excluding carboxylic acids is 1. The Bertz CT molecular complexity index is 692. The van der Waals surface area contributed by atoms with E-state index in [2.05, 4.69) is 10.6 Å². The fourth-order valence-electron chi connectivity index (χ4n) is 2.22. The second kappa shape index (κ2) is 9.52. The molecule has 0 bridgehead atoms. The highest BCUT2D eigenvalue weighted by Gasteiger charge is 2.05. The summed E-state index contributed by atoms with van der Waals surface area (Å²) in [6, 6.07) is 12.9. The summed E-state index contributed by atoms with van der Waals surface area (Å²) in [5.74, 6) is 0.517. The Morgan fingerprint density at radius 2 is 1.96 bits per heavy atom. The molecule has 2 rings (SSSR count). The van der Waals surface area contributed by atoms with Crippen LogP contribution in [-0.4, -0.2) is 26.1 Å². The summed E-state index contributed by atoms with van der Waals surface area (Å²) in [4.78, 5) is 11.9. The largest absolute Gasteiger partial charge is 0.495 e. The molecule has 0 aromatic heterocycles. The lowest BCUT2D eigenvalue weighted by molar-refractivity contribution is -0.116. The average Bonchev–Trinajstić information content (AvgIpc) is 2.55. The van der Waals surface area contributed by atoms with Gasteiger partial charge in [0.15, 0.2) is 0 Å². The molecule has 4 nitrogen and oxygen atoms in total. The molecule has 128 valence electrons. The number of hydrogen-bond acceptors (Lipinski definition) is 3. The first-order valence-electron chi connectivity index (χ1n) is 7.67. The number of benzene rings is 2. The van der Waals surface area contributed by atoms with Crippen molar-refractivity contribution in [3.63, 3.8) is 0 Å². The van der Waals surface area contributed by atoms with Gasteiger partial charge in [0.25, 0.3) is 0 Å². The molecule has 0 heterocycles. The second-order valence-electron chi connectivity index (χ2n) is 5.28. The minimum Gasteiger partial charge on any atom is -0.495 e. The quantitative estimate of drug-likeness (QED) is 0.689. The van der Waals surface area contributed by atoms with Crippen LogP contribution in [0.2, 0.25) is 10.0 Å². The molecule has 24 heavy (non-hydrogen) atoms. The van der Waals surface area contributed by atoms with Crippen LogP contribution in [-0.2, 0) is 11.2 Å². The number of nitrogens with one attached hydrogen (secondary N) is 2. The van der Waals surface area contributed by atoms with Crippen LogP contribution in [0.4, 0.5) is 5.69 Å². The summed E-state index contributed by atoms with van der Waals surface area (Å²) in [5, 5.41) is 7.27. The molecule has 2 N–H and O–H groups in total. The lowest BCUT2D eigenvalue weighted by atomic mass is 10.1. The Labute approximate surface area is 152 Å². The van der Waals surface area contributed by atoms with E-state index in [9.17, 15) is 4.79 Å². The lowest BCUT2D eigenvalue weighted by Gasteiger charge is -2.09. The van der Waals surface area contributed by atoms with Gasteiger partial charge >= 0.3 is 0 Å². The summed E-state index contributed by atoms with van der Waals surface area (Å²) in [5.41, 5.74) is 1.83. The minimum atomic E-state index is -0.0634. The summed E-state index contributed by atoms with van der Waals surface area (Å²) in [6.07, 6.45) is 1.26. The van der Waals surface area contributed by atoms with Gasteiger partial charge < -0.3 is 15.4 Å². The van der Waals surface area contributed by atoms with Crippen LogP contribution in [0.25, 0.3) is 0 Å². The zero-order valence-corrected chi connectivity index (χ0v) is 15.0. The summed E-state index contributed by atoms with van der Waals surface area (Å²) in [6.45, 7) is 1.40. The zero-order chi connectivity index (χ0) is 17.4. The predicted octanol–water partition coefficient (Wildman–Crippen LogP) is 4.16. The molecule has 2 aromatic carbocycles. The van der Waals surface area contributed by atoms with E-state index in [1.54, 1.807) is 25.3 Å². The number of rotatable bonds is 8. The number of amides is 1. The number of halogens is 2. The van der Waals surface area contributed by atoms with E-state index in [0.717, 1.165) is 18.0 Å². The topological polar surface area (TPSA) is 50.4 Å². The Hall–Kier alpha value is -1.75. The summed E-state index contributed by atoms with van der Waals surface area (Å²) in [7, 11) is 1.55. The van der Waals surface area contributed by atoms with Crippen molar-refractivity contribution in [2.75, 3.05) is 25.5 Å². The number of anilines is 1. The standard InChI is InChI=1S/C18H20Cl2N2O2/c1-24-17-6-5-15(12-16(17)20)22-18(23)8-10-21-9-7-13-3-2-4-14(19)11-13/h2-6,11-12,21H,7-10H2,1H3,(H,22,23). The summed E-state index contributed by atoms with van der Waals surface area (Å²) >= 11 is 12.0. The smallest absolute Gasteiger partial charge is 0.225 e. The molecule has 0 saturated carbocycles. The molecular weight excluding hydrogens is 347 g/mol. The highest BCUT2D eigenvalue weighted by Crippen LogP contribution is 2.27. The Morgan fingerprint density at radius 1 is 1.12 bits per heavy atom. The van der Waals surface area contributed by atoms with Crippen molar-refractivity contribution in [2.24, 2.45) is 0 Å². The van der Waals surface area contributed by atoms with Crippen molar-refractivity contribution in [3.8, 4) is 5.75 Å². The van der Waals surface area contributed by atoms with Crippen molar-refractivity contribution in [1.82, 2.24) is 5.32 Å². The SMILES string of the molecule is COc1ccc(NC(=O)CCNCCc2cccc(Cl)c2)cc1Cl. The van der Waals surface area contributed by atoms with Gasteiger partial charge in [0, 0.05) is 23.7 Å². The lowest BCUT2D eigenvalue weighted by Crippen LogP contribution is -2.23. The molecule has 1 amide bonds. The van der Waals surface area contributed by atoms with Gasteiger partial charge in [-0.3, -0.25) is 4.79 Å². The monoisotopic (exact) mass is 366 g/mol. The van der Waals surface area contributed by atoms with Gasteiger partial charge in [-0.05, 0) is 48.9 Å². The Kier molecular flexibility index (Phi) is 7.37. The van der Waals surface area contributed by atoms with E-state index in [4.69, 9.17) is 27.9 Å². The first-order chi connectivity index (χ1) is 11.6. The van der Waals surface area contributed by atoms with Crippen LogP contribution >= 0.6 is 23.2 Å². The molecule has 0 aliphatic rings. The maximum atomic E-state index is 11.9.